The summed E-state index contributed by atoms with van der Waals surface area (Å²) in [4.78, 5) is 0. The molecule has 2 aromatic heterocycles. The van der Waals surface area contributed by atoms with Crippen LogP contribution in [-0.2, 0) is 13.0 Å². The average molecular weight is 322 g/mol. The van der Waals surface area contributed by atoms with Crippen LogP contribution in [0.3, 0.4) is 0 Å². The van der Waals surface area contributed by atoms with E-state index in [1.807, 2.05) is 33.9 Å². The Balaban J connectivity index is 1.22. The van der Waals surface area contributed by atoms with Crippen molar-refractivity contribution < 1.29 is 0 Å². The zero-order valence-electron chi connectivity index (χ0n) is 13.6. The first-order valence-corrected chi connectivity index (χ1v) is 8.44. The van der Waals surface area contributed by atoms with E-state index in [2.05, 4.69) is 45.1 Å². The topological polar surface area (TPSA) is 59.7 Å². The largest absolute Gasteiger partial charge is 0.370 e. The average Bonchev–Trinajstić information content (AvgIpc) is 3.30. The fourth-order valence-corrected chi connectivity index (χ4v) is 3.10. The molecule has 0 unspecified atom stereocenters. The molecule has 4 rings (SSSR count). The predicted molar refractivity (Wildman–Crippen MR) is 94.3 cm³/mol. The van der Waals surface area contributed by atoms with Crippen LogP contribution < -0.4 is 10.6 Å². The summed E-state index contributed by atoms with van der Waals surface area (Å²) in [7, 11) is 0. The quantitative estimate of drug-likeness (QED) is 0.681. The van der Waals surface area contributed by atoms with Crippen molar-refractivity contribution in [2.75, 3.05) is 25.0 Å². The molecular formula is C18H22N6. The van der Waals surface area contributed by atoms with Gasteiger partial charge in [-0.25, -0.2) is 9.36 Å². The number of rotatable bonds is 6. The van der Waals surface area contributed by atoms with E-state index in [1.54, 1.807) is 6.20 Å². The van der Waals surface area contributed by atoms with E-state index in [9.17, 15) is 0 Å². The van der Waals surface area contributed by atoms with Gasteiger partial charge in [0.15, 0.2) is 0 Å². The molecule has 0 radical (unpaired) electrons. The molecule has 1 atom stereocenters. The van der Waals surface area contributed by atoms with Crippen molar-refractivity contribution in [3.8, 4) is 5.69 Å². The van der Waals surface area contributed by atoms with Gasteiger partial charge in [-0.05, 0) is 36.7 Å². The van der Waals surface area contributed by atoms with E-state index >= 15 is 0 Å². The second-order valence-corrected chi connectivity index (χ2v) is 6.22. The van der Waals surface area contributed by atoms with Crippen molar-refractivity contribution in [1.29, 1.82) is 0 Å². The zero-order chi connectivity index (χ0) is 16.2. The first-order valence-electron chi connectivity index (χ1n) is 8.44. The number of hydrogen-bond donors (Lipinski definition) is 2. The van der Waals surface area contributed by atoms with E-state index in [1.165, 1.54) is 5.56 Å². The molecule has 0 saturated heterocycles. The lowest BCUT2D eigenvalue weighted by Crippen LogP contribution is -2.36. The van der Waals surface area contributed by atoms with Crippen LogP contribution in [0.5, 0.6) is 0 Å². The molecule has 1 aromatic carbocycles. The molecular weight excluding hydrogens is 300 g/mol. The lowest BCUT2D eigenvalue weighted by Gasteiger charge is -2.25. The van der Waals surface area contributed by atoms with Crippen LogP contribution >= 0.6 is 0 Å². The monoisotopic (exact) mass is 322 g/mol. The van der Waals surface area contributed by atoms with Crippen molar-refractivity contribution >= 4 is 5.82 Å². The molecule has 0 aliphatic carbocycles. The van der Waals surface area contributed by atoms with Gasteiger partial charge in [-0.2, -0.15) is 10.2 Å². The predicted octanol–water partition coefficient (Wildman–Crippen LogP) is 1.94. The fourth-order valence-electron chi connectivity index (χ4n) is 3.10. The Bertz CT molecular complexity index is 759. The van der Waals surface area contributed by atoms with Crippen molar-refractivity contribution in [1.82, 2.24) is 24.9 Å². The van der Waals surface area contributed by atoms with E-state index in [4.69, 9.17) is 0 Å². The van der Waals surface area contributed by atoms with Gasteiger partial charge in [0.05, 0.1) is 11.9 Å². The van der Waals surface area contributed by atoms with E-state index in [0.29, 0.717) is 5.92 Å². The van der Waals surface area contributed by atoms with Gasteiger partial charge in [-0.15, -0.1) is 0 Å². The van der Waals surface area contributed by atoms with Crippen LogP contribution in [0.2, 0.25) is 0 Å². The molecule has 1 aliphatic rings. The third-order valence-electron chi connectivity index (χ3n) is 4.45. The third kappa shape index (κ3) is 3.33. The summed E-state index contributed by atoms with van der Waals surface area (Å²) in [5.41, 5.74) is 2.44. The summed E-state index contributed by atoms with van der Waals surface area (Å²) in [6.45, 7) is 4.00. The van der Waals surface area contributed by atoms with E-state index in [0.717, 1.165) is 44.1 Å². The molecule has 2 N–H and O–H groups in total. The molecule has 124 valence electrons. The zero-order valence-corrected chi connectivity index (χ0v) is 13.6. The number of anilines is 1. The highest BCUT2D eigenvalue weighted by Gasteiger charge is 2.17. The lowest BCUT2D eigenvalue weighted by atomic mass is 10.1. The standard InChI is InChI=1S/C18H22N6/c1-8-21-23(11-1)17-4-2-15(3-5-17)6-9-19-12-16-13-20-18-7-10-22-24(18)14-16/h1-5,7-8,10-11,16,19-20H,6,9,12-14H2/t16-/m1/s1. The number of fused-ring (bicyclic) bond motifs is 1. The van der Waals surface area contributed by atoms with Crippen LogP contribution in [0.4, 0.5) is 5.82 Å². The minimum atomic E-state index is 0.583. The summed E-state index contributed by atoms with van der Waals surface area (Å²) in [6, 6.07) is 12.5. The molecule has 0 amide bonds. The van der Waals surface area contributed by atoms with Gasteiger partial charge in [-0.3, -0.25) is 0 Å². The second-order valence-electron chi connectivity index (χ2n) is 6.22. The molecule has 6 nitrogen and oxygen atoms in total. The van der Waals surface area contributed by atoms with Crippen LogP contribution in [0.15, 0.2) is 55.0 Å². The molecule has 6 heteroatoms. The lowest BCUT2D eigenvalue weighted by molar-refractivity contribution is 0.393. The van der Waals surface area contributed by atoms with Crippen molar-refractivity contribution in [2.24, 2.45) is 5.92 Å². The first-order chi connectivity index (χ1) is 11.9. The van der Waals surface area contributed by atoms with Crippen LogP contribution in [0.25, 0.3) is 5.69 Å². The number of benzene rings is 1. The molecule has 3 aromatic rings. The molecule has 0 spiro atoms. The van der Waals surface area contributed by atoms with Gasteiger partial charge in [-0.1, -0.05) is 12.1 Å². The minimum Gasteiger partial charge on any atom is -0.370 e. The second kappa shape index (κ2) is 6.88. The normalized spacial score (nSPS) is 16.6. The first kappa shape index (κ1) is 15.0. The SMILES string of the molecule is c1cnn(-c2ccc(CCNC[C@@H]3CNc4ccnn4C3)cc2)c1. The highest BCUT2D eigenvalue weighted by Crippen LogP contribution is 2.15. The Labute approximate surface area is 141 Å². The maximum atomic E-state index is 4.33. The Hall–Kier alpha value is -2.60. The smallest absolute Gasteiger partial charge is 0.124 e. The minimum absolute atomic E-state index is 0.583. The van der Waals surface area contributed by atoms with Gasteiger partial charge >= 0.3 is 0 Å². The van der Waals surface area contributed by atoms with E-state index in [-0.39, 0.29) is 0 Å². The Kier molecular flexibility index (Phi) is 4.29. The molecule has 1 aliphatic heterocycles. The number of aromatic nitrogens is 4. The Morgan fingerprint density at radius 1 is 1.12 bits per heavy atom. The molecule has 0 bridgehead atoms. The van der Waals surface area contributed by atoms with Gasteiger partial charge in [0.1, 0.15) is 5.82 Å². The Morgan fingerprint density at radius 2 is 2.04 bits per heavy atom. The third-order valence-corrected chi connectivity index (χ3v) is 4.45. The van der Waals surface area contributed by atoms with Gasteiger partial charge in [0.2, 0.25) is 0 Å². The molecule has 3 heterocycles. The van der Waals surface area contributed by atoms with Gasteiger partial charge in [0.25, 0.3) is 0 Å². The highest BCUT2D eigenvalue weighted by atomic mass is 15.3. The summed E-state index contributed by atoms with van der Waals surface area (Å²) in [5, 5.41) is 15.6. The Morgan fingerprint density at radius 3 is 2.88 bits per heavy atom. The molecule has 0 fully saturated rings. The van der Waals surface area contributed by atoms with Crippen molar-refractivity contribution in [3.63, 3.8) is 0 Å². The number of hydrogen-bond acceptors (Lipinski definition) is 4. The summed E-state index contributed by atoms with van der Waals surface area (Å²) in [6.07, 6.45) is 6.64. The van der Waals surface area contributed by atoms with Crippen molar-refractivity contribution in [3.05, 3.63) is 60.6 Å². The maximum absolute atomic E-state index is 4.33. The van der Waals surface area contributed by atoms with Crippen LogP contribution in [-0.4, -0.2) is 39.2 Å². The van der Waals surface area contributed by atoms with Gasteiger partial charge < -0.3 is 10.6 Å². The van der Waals surface area contributed by atoms with E-state index < -0.39 is 0 Å². The maximum Gasteiger partial charge on any atom is 0.124 e. The van der Waals surface area contributed by atoms with Crippen LogP contribution in [0.1, 0.15) is 5.56 Å². The summed E-state index contributed by atoms with van der Waals surface area (Å²) < 4.78 is 3.92. The summed E-state index contributed by atoms with van der Waals surface area (Å²) in [5.74, 6) is 1.71. The number of nitrogens with one attached hydrogen (secondary N) is 2. The van der Waals surface area contributed by atoms with Crippen molar-refractivity contribution in [2.45, 2.75) is 13.0 Å². The molecule has 0 saturated carbocycles. The van der Waals surface area contributed by atoms with Crippen LogP contribution in [0, 0.1) is 5.92 Å². The molecule has 24 heavy (non-hydrogen) atoms. The summed E-state index contributed by atoms with van der Waals surface area (Å²) >= 11 is 0. The number of nitrogens with zero attached hydrogens (tertiary/aromatic N) is 4. The fraction of sp³-hybridized carbons (Fsp3) is 0.333. The van der Waals surface area contributed by atoms with Gasteiger partial charge in [0, 0.05) is 44.0 Å². The highest BCUT2D eigenvalue weighted by molar-refractivity contribution is 5.35.